The minimum absolute atomic E-state index is 0.105. The van der Waals surface area contributed by atoms with Crippen LogP contribution in [0.5, 0.6) is 0 Å². The largest absolute Gasteiger partial charge is 0.364 e. The van der Waals surface area contributed by atoms with E-state index >= 15 is 0 Å². The summed E-state index contributed by atoms with van der Waals surface area (Å²) in [5.41, 5.74) is 6.14. The van der Waals surface area contributed by atoms with Crippen molar-refractivity contribution in [1.29, 1.82) is 5.26 Å². The van der Waals surface area contributed by atoms with E-state index in [9.17, 15) is 4.79 Å². The number of amides is 1. The molecule has 0 unspecified atom stereocenters. The van der Waals surface area contributed by atoms with E-state index in [1.165, 1.54) is 4.68 Å². The number of benzene rings is 1. The van der Waals surface area contributed by atoms with E-state index in [0.29, 0.717) is 5.39 Å². The molecule has 1 heterocycles. The summed E-state index contributed by atoms with van der Waals surface area (Å²) in [5, 5.41) is 13.3. The van der Waals surface area contributed by atoms with Crippen LogP contribution in [0.4, 0.5) is 0 Å². The molecule has 2 aromatic rings. The zero-order valence-corrected chi connectivity index (χ0v) is 7.84. The summed E-state index contributed by atoms with van der Waals surface area (Å²) in [7, 11) is 0. The van der Waals surface area contributed by atoms with E-state index < -0.39 is 5.91 Å². The van der Waals surface area contributed by atoms with Gasteiger partial charge in [-0.05, 0) is 6.07 Å². The third-order valence-electron chi connectivity index (χ3n) is 2.11. The summed E-state index contributed by atoms with van der Waals surface area (Å²) >= 11 is 0. The molecule has 0 radical (unpaired) electrons. The molecule has 0 bridgehead atoms. The maximum atomic E-state index is 11.1. The van der Waals surface area contributed by atoms with Gasteiger partial charge in [0.05, 0.1) is 11.6 Å². The molecule has 5 nitrogen and oxygen atoms in total. The van der Waals surface area contributed by atoms with E-state index in [-0.39, 0.29) is 12.2 Å². The smallest absolute Gasteiger partial charge is 0.269 e. The molecule has 5 heteroatoms. The van der Waals surface area contributed by atoms with Gasteiger partial charge in [0.25, 0.3) is 5.91 Å². The van der Waals surface area contributed by atoms with Crippen molar-refractivity contribution in [2.24, 2.45) is 5.73 Å². The number of para-hydroxylation sites is 1. The molecule has 0 saturated heterocycles. The third kappa shape index (κ3) is 1.42. The number of fused-ring (bicyclic) bond motifs is 1. The first-order chi connectivity index (χ1) is 7.24. The first kappa shape index (κ1) is 9.21. The summed E-state index contributed by atoms with van der Waals surface area (Å²) in [4.78, 5) is 11.1. The Morgan fingerprint density at radius 2 is 2.27 bits per heavy atom. The fourth-order valence-electron chi connectivity index (χ4n) is 1.50. The van der Waals surface area contributed by atoms with Crippen molar-refractivity contribution in [1.82, 2.24) is 9.78 Å². The predicted octanol–water partition coefficient (Wildman–Crippen LogP) is 0.659. The Kier molecular flexibility index (Phi) is 2.10. The second kappa shape index (κ2) is 3.42. The monoisotopic (exact) mass is 200 g/mol. The second-order valence-corrected chi connectivity index (χ2v) is 3.05. The highest BCUT2D eigenvalue weighted by Crippen LogP contribution is 2.17. The molecule has 0 saturated carbocycles. The number of rotatable bonds is 2. The SMILES string of the molecule is N#CCn1nc(C(N)=O)c2ccccc21. The Bertz CT molecular complexity index is 564. The van der Waals surface area contributed by atoms with Crippen LogP contribution in [-0.4, -0.2) is 15.7 Å². The topological polar surface area (TPSA) is 84.7 Å². The van der Waals surface area contributed by atoms with Crippen molar-refractivity contribution in [2.75, 3.05) is 0 Å². The molecule has 0 aliphatic rings. The molecule has 1 amide bonds. The lowest BCUT2D eigenvalue weighted by molar-refractivity contribution is 0.0996. The molecule has 0 aliphatic heterocycles. The highest BCUT2D eigenvalue weighted by atomic mass is 16.1. The lowest BCUT2D eigenvalue weighted by Crippen LogP contribution is -2.12. The van der Waals surface area contributed by atoms with Gasteiger partial charge in [0, 0.05) is 5.39 Å². The first-order valence-electron chi connectivity index (χ1n) is 4.36. The zero-order chi connectivity index (χ0) is 10.8. The normalized spacial score (nSPS) is 10.1. The molecular formula is C10H8N4O. The molecule has 2 rings (SSSR count). The van der Waals surface area contributed by atoms with Gasteiger partial charge in [-0.2, -0.15) is 10.4 Å². The fourth-order valence-corrected chi connectivity index (χ4v) is 1.50. The van der Waals surface area contributed by atoms with Crippen LogP contribution < -0.4 is 5.73 Å². The predicted molar refractivity (Wildman–Crippen MR) is 53.9 cm³/mol. The van der Waals surface area contributed by atoms with Gasteiger partial charge in [-0.15, -0.1) is 0 Å². The van der Waals surface area contributed by atoms with Crippen LogP contribution in [0, 0.1) is 11.3 Å². The summed E-state index contributed by atoms with van der Waals surface area (Å²) in [6.07, 6.45) is 0. The lowest BCUT2D eigenvalue weighted by Gasteiger charge is -1.93. The van der Waals surface area contributed by atoms with Gasteiger partial charge < -0.3 is 5.73 Å². The molecule has 0 spiro atoms. The van der Waals surface area contributed by atoms with Crippen molar-refractivity contribution in [3.8, 4) is 6.07 Å². The average molecular weight is 200 g/mol. The standard InChI is InChI=1S/C10H8N4O/c11-5-6-14-8-4-2-1-3-7(8)9(13-14)10(12)15/h1-4H,6H2,(H2,12,15). The number of primary amides is 1. The number of carbonyl (C=O) groups excluding carboxylic acids is 1. The van der Waals surface area contributed by atoms with Crippen LogP contribution in [-0.2, 0) is 6.54 Å². The number of hydrogen-bond donors (Lipinski definition) is 1. The number of carbonyl (C=O) groups is 1. The first-order valence-corrected chi connectivity index (χ1v) is 4.36. The maximum absolute atomic E-state index is 11.1. The van der Waals surface area contributed by atoms with Crippen molar-refractivity contribution >= 4 is 16.8 Å². The Morgan fingerprint density at radius 3 is 2.93 bits per heavy atom. The van der Waals surface area contributed by atoms with Gasteiger partial charge in [-0.3, -0.25) is 4.79 Å². The summed E-state index contributed by atoms with van der Waals surface area (Å²) in [5.74, 6) is -0.581. The van der Waals surface area contributed by atoms with Crippen LogP contribution in [0.15, 0.2) is 24.3 Å². The molecule has 0 fully saturated rings. The van der Waals surface area contributed by atoms with E-state index in [1.807, 2.05) is 12.1 Å². The van der Waals surface area contributed by atoms with Crippen molar-refractivity contribution in [3.63, 3.8) is 0 Å². The Morgan fingerprint density at radius 1 is 1.53 bits per heavy atom. The third-order valence-corrected chi connectivity index (χ3v) is 2.11. The zero-order valence-electron chi connectivity index (χ0n) is 7.84. The second-order valence-electron chi connectivity index (χ2n) is 3.05. The van der Waals surface area contributed by atoms with Crippen LogP contribution >= 0.6 is 0 Å². The molecule has 0 atom stereocenters. The Balaban J connectivity index is 2.74. The Hall–Kier alpha value is -2.35. The molecule has 1 aromatic heterocycles. The maximum Gasteiger partial charge on any atom is 0.269 e. The number of hydrogen-bond acceptors (Lipinski definition) is 3. The van der Waals surface area contributed by atoms with Crippen LogP contribution in [0.3, 0.4) is 0 Å². The highest BCUT2D eigenvalue weighted by molar-refractivity contribution is 6.04. The van der Waals surface area contributed by atoms with E-state index in [2.05, 4.69) is 5.10 Å². The molecule has 0 aliphatic carbocycles. The van der Waals surface area contributed by atoms with E-state index in [4.69, 9.17) is 11.0 Å². The van der Waals surface area contributed by atoms with E-state index in [0.717, 1.165) is 5.52 Å². The van der Waals surface area contributed by atoms with Gasteiger partial charge in [-0.25, -0.2) is 4.68 Å². The molecule has 1 aromatic carbocycles. The van der Waals surface area contributed by atoms with E-state index in [1.54, 1.807) is 18.2 Å². The number of nitriles is 1. The van der Waals surface area contributed by atoms with Gasteiger partial charge in [0.15, 0.2) is 5.69 Å². The fraction of sp³-hybridized carbons (Fsp3) is 0.100. The number of aromatic nitrogens is 2. The highest BCUT2D eigenvalue weighted by Gasteiger charge is 2.13. The minimum atomic E-state index is -0.581. The lowest BCUT2D eigenvalue weighted by atomic mass is 10.2. The van der Waals surface area contributed by atoms with Crippen LogP contribution in [0.1, 0.15) is 10.5 Å². The van der Waals surface area contributed by atoms with Gasteiger partial charge in [-0.1, -0.05) is 18.2 Å². The summed E-state index contributed by atoms with van der Waals surface area (Å²) < 4.78 is 1.47. The molecular weight excluding hydrogens is 192 g/mol. The van der Waals surface area contributed by atoms with Crippen LogP contribution in [0.25, 0.3) is 10.9 Å². The average Bonchev–Trinajstić information content (AvgIpc) is 2.59. The molecule has 15 heavy (non-hydrogen) atoms. The quantitative estimate of drug-likeness (QED) is 0.772. The number of nitrogens with two attached hydrogens (primary N) is 1. The summed E-state index contributed by atoms with van der Waals surface area (Å²) in [6.45, 7) is 0.105. The van der Waals surface area contributed by atoms with Gasteiger partial charge >= 0.3 is 0 Å². The van der Waals surface area contributed by atoms with Gasteiger partial charge in [0.2, 0.25) is 0 Å². The Labute approximate surface area is 85.7 Å². The van der Waals surface area contributed by atoms with Crippen LogP contribution in [0.2, 0.25) is 0 Å². The number of nitrogens with zero attached hydrogens (tertiary/aromatic N) is 3. The van der Waals surface area contributed by atoms with Crippen molar-refractivity contribution in [2.45, 2.75) is 6.54 Å². The molecule has 2 N–H and O–H groups in total. The minimum Gasteiger partial charge on any atom is -0.364 e. The van der Waals surface area contributed by atoms with Crippen molar-refractivity contribution in [3.05, 3.63) is 30.0 Å². The summed E-state index contributed by atoms with van der Waals surface area (Å²) in [6, 6.07) is 9.16. The van der Waals surface area contributed by atoms with Crippen molar-refractivity contribution < 1.29 is 4.79 Å². The molecule has 74 valence electrons. The van der Waals surface area contributed by atoms with Gasteiger partial charge in [0.1, 0.15) is 6.54 Å².